The second-order valence-electron chi connectivity index (χ2n) is 6.27. The summed E-state index contributed by atoms with van der Waals surface area (Å²) in [7, 11) is 0. The highest BCUT2D eigenvalue weighted by molar-refractivity contribution is 6.33. The lowest BCUT2D eigenvalue weighted by Crippen LogP contribution is -2.14. The van der Waals surface area contributed by atoms with Crippen LogP contribution in [0.1, 0.15) is 16.2 Å². The number of pyridine rings is 1. The predicted octanol–water partition coefficient (Wildman–Crippen LogP) is 5.46. The first-order valence-corrected chi connectivity index (χ1v) is 8.90. The molecular weight excluding hydrogens is 424 g/mol. The fourth-order valence-electron chi connectivity index (χ4n) is 2.82. The first-order chi connectivity index (χ1) is 14.2. The monoisotopic (exact) mass is 434 g/mol. The number of hydrogen-bond donors (Lipinski definition) is 1. The summed E-state index contributed by atoms with van der Waals surface area (Å²) < 4.78 is 53.6. The van der Waals surface area contributed by atoms with Gasteiger partial charge in [0.1, 0.15) is 5.82 Å². The molecule has 4 rings (SSSR count). The van der Waals surface area contributed by atoms with Crippen molar-refractivity contribution in [2.45, 2.75) is 6.18 Å². The highest BCUT2D eigenvalue weighted by Crippen LogP contribution is 2.35. The number of hydrogen-bond acceptors (Lipinski definition) is 3. The average molecular weight is 435 g/mol. The number of carbonyl (C=O) groups excluding carboxylic acids is 1. The second-order valence-corrected chi connectivity index (χ2v) is 6.68. The van der Waals surface area contributed by atoms with Gasteiger partial charge in [-0.3, -0.25) is 4.79 Å². The molecule has 10 heteroatoms. The summed E-state index contributed by atoms with van der Waals surface area (Å²) in [4.78, 5) is 16.6. The van der Waals surface area contributed by atoms with Crippen LogP contribution in [-0.2, 0) is 6.18 Å². The minimum absolute atomic E-state index is 0.0864. The average Bonchev–Trinajstić information content (AvgIpc) is 3.14. The summed E-state index contributed by atoms with van der Waals surface area (Å²) in [6, 6.07) is 12.7. The third kappa shape index (κ3) is 3.84. The largest absolute Gasteiger partial charge is 0.416 e. The van der Waals surface area contributed by atoms with Gasteiger partial charge in [-0.25, -0.2) is 13.9 Å². The molecule has 2 aromatic carbocycles. The Labute approximate surface area is 171 Å². The van der Waals surface area contributed by atoms with E-state index in [1.807, 2.05) is 0 Å². The lowest BCUT2D eigenvalue weighted by Gasteiger charge is -2.11. The third-order valence-electron chi connectivity index (χ3n) is 4.23. The first-order valence-electron chi connectivity index (χ1n) is 8.52. The van der Waals surface area contributed by atoms with Gasteiger partial charge in [-0.2, -0.15) is 13.2 Å². The summed E-state index contributed by atoms with van der Waals surface area (Å²) in [6.07, 6.45) is -4.55. The zero-order chi connectivity index (χ0) is 21.5. The van der Waals surface area contributed by atoms with E-state index in [2.05, 4.69) is 15.4 Å². The maximum Gasteiger partial charge on any atom is 0.416 e. The van der Waals surface area contributed by atoms with E-state index in [4.69, 9.17) is 11.6 Å². The van der Waals surface area contributed by atoms with E-state index >= 15 is 0 Å². The van der Waals surface area contributed by atoms with E-state index in [1.54, 1.807) is 12.1 Å². The van der Waals surface area contributed by atoms with Crippen LogP contribution < -0.4 is 5.32 Å². The smallest absolute Gasteiger partial charge is 0.319 e. The summed E-state index contributed by atoms with van der Waals surface area (Å²) in [5.41, 5.74) is 0.0318. The van der Waals surface area contributed by atoms with Gasteiger partial charge in [-0.1, -0.05) is 17.7 Å². The number of alkyl halides is 3. The van der Waals surface area contributed by atoms with Crippen LogP contribution in [0.15, 0.2) is 60.7 Å². The molecule has 0 aliphatic carbocycles. The van der Waals surface area contributed by atoms with Crippen molar-refractivity contribution in [1.29, 1.82) is 0 Å². The molecule has 0 radical (unpaired) electrons. The molecule has 30 heavy (non-hydrogen) atoms. The van der Waals surface area contributed by atoms with Crippen molar-refractivity contribution in [3.8, 4) is 11.3 Å². The summed E-state index contributed by atoms with van der Waals surface area (Å²) in [5.74, 6) is -1.33. The molecule has 0 saturated heterocycles. The molecule has 1 N–H and O–H groups in total. The fourth-order valence-corrected chi connectivity index (χ4v) is 3.04. The molecule has 0 spiro atoms. The highest BCUT2D eigenvalue weighted by Gasteiger charge is 2.31. The van der Waals surface area contributed by atoms with E-state index in [-0.39, 0.29) is 27.8 Å². The minimum atomic E-state index is -4.55. The molecule has 0 atom stereocenters. The SMILES string of the molecule is O=C(Nc1ccc(F)cc1)c1nc2cccc(-c3cc(C(F)(F)F)ccc3Cl)n2n1. The lowest BCUT2D eigenvalue weighted by atomic mass is 10.1. The predicted molar refractivity (Wildman–Crippen MR) is 103 cm³/mol. The number of nitrogens with zero attached hydrogens (tertiary/aromatic N) is 3. The maximum atomic E-state index is 13.1. The van der Waals surface area contributed by atoms with Crippen LogP contribution in [0.25, 0.3) is 16.9 Å². The quantitative estimate of drug-likeness (QED) is 0.436. The van der Waals surface area contributed by atoms with Crippen molar-refractivity contribution in [1.82, 2.24) is 14.6 Å². The number of aromatic nitrogens is 3. The molecule has 0 aliphatic heterocycles. The van der Waals surface area contributed by atoms with Gasteiger partial charge in [0, 0.05) is 16.3 Å². The Morgan fingerprint density at radius 2 is 1.77 bits per heavy atom. The van der Waals surface area contributed by atoms with Crippen LogP contribution in [0.4, 0.5) is 23.2 Å². The Balaban J connectivity index is 1.74. The third-order valence-corrected chi connectivity index (χ3v) is 4.56. The van der Waals surface area contributed by atoms with Crippen LogP contribution in [0.2, 0.25) is 5.02 Å². The molecule has 0 aliphatic rings. The molecule has 0 unspecified atom stereocenters. The number of halogens is 5. The van der Waals surface area contributed by atoms with Gasteiger partial charge in [0.15, 0.2) is 5.65 Å². The van der Waals surface area contributed by atoms with Crippen LogP contribution >= 0.6 is 11.6 Å². The number of carbonyl (C=O) groups is 1. The van der Waals surface area contributed by atoms with E-state index in [9.17, 15) is 22.4 Å². The highest BCUT2D eigenvalue weighted by atomic mass is 35.5. The number of rotatable bonds is 3. The van der Waals surface area contributed by atoms with Gasteiger partial charge in [-0.05, 0) is 54.6 Å². The standard InChI is InChI=1S/C20H11ClF4N4O/c21-15-9-4-11(20(23,24)25)10-14(15)16-2-1-3-17-27-18(28-29(16)17)19(30)26-13-7-5-12(22)6-8-13/h1-10H,(H,26,30). The van der Waals surface area contributed by atoms with E-state index < -0.39 is 23.5 Å². The van der Waals surface area contributed by atoms with Crippen LogP contribution in [0.5, 0.6) is 0 Å². The molecular formula is C20H11ClF4N4O. The zero-order valence-electron chi connectivity index (χ0n) is 14.9. The zero-order valence-corrected chi connectivity index (χ0v) is 15.7. The number of anilines is 1. The fraction of sp³-hybridized carbons (Fsp3) is 0.0500. The summed E-state index contributed by atoms with van der Waals surface area (Å²) in [6.45, 7) is 0. The number of fused-ring (bicyclic) bond motifs is 1. The Morgan fingerprint density at radius 3 is 2.47 bits per heavy atom. The molecule has 152 valence electrons. The van der Waals surface area contributed by atoms with Gasteiger partial charge in [0.05, 0.1) is 11.3 Å². The van der Waals surface area contributed by atoms with Crippen molar-refractivity contribution in [2.75, 3.05) is 5.32 Å². The molecule has 4 aromatic rings. The van der Waals surface area contributed by atoms with Gasteiger partial charge in [-0.15, -0.1) is 5.10 Å². The molecule has 0 saturated carbocycles. The van der Waals surface area contributed by atoms with Gasteiger partial charge in [0.25, 0.3) is 5.91 Å². The lowest BCUT2D eigenvalue weighted by molar-refractivity contribution is -0.137. The van der Waals surface area contributed by atoms with E-state index in [1.165, 1.54) is 34.8 Å². The normalized spacial score (nSPS) is 11.6. The minimum Gasteiger partial charge on any atom is -0.319 e. The second kappa shape index (κ2) is 7.42. The van der Waals surface area contributed by atoms with Crippen molar-refractivity contribution in [3.63, 3.8) is 0 Å². The van der Waals surface area contributed by atoms with E-state index in [0.717, 1.165) is 18.2 Å². The van der Waals surface area contributed by atoms with Crippen molar-refractivity contribution in [2.24, 2.45) is 0 Å². The van der Waals surface area contributed by atoms with Crippen molar-refractivity contribution in [3.05, 3.63) is 82.9 Å². The van der Waals surface area contributed by atoms with Crippen molar-refractivity contribution >= 4 is 28.8 Å². The first kappa shape index (κ1) is 19.8. The topological polar surface area (TPSA) is 59.3 Å². The Morgan fingerprint density at radius 1 is 1.03 bits per heavy atom. The Hall–Kier alpha value is -3.46. The van der Waals surface area contributed by atoms with Crippen molar-refractivity contribution < 1.29 is 22.4 Å². The number of nitrogens with one attached hydrogen (secondary N) is 1. The number of amides is 1. The molecule has 2 aromatic heterocycles. The van der Waals surface area contributed by atoms with Crippen LogP contribution in [0, 0.1) is 5.82 Å². The molecule has 2 heterocycles. The maximum absolute atomic E-state index is 13.1. The van der Waals surface area contributed by atoms with Crippen LogP contribution in [-0.4, -0.2) is 20.5 Å². The summed E-state index contributed by atoms with van der Waals surface area (Å²) in [5, 5.41) is 6.73. The van der Waals surface area contributed by atoms with E-state index in [0.29, 0.717) is 5.69 Å². The van der Waals surface area contributed by atoms with Gasteiger partial charge < -0.3 is 5.32 Å². The van der Waals surface area contributed by atoms with Gasteiger partial charge in [0.2, 0.25) is 5.82 Å². The molecule has 1 amide bonds. The Kier molecular flexibility index (Phi) is 4.90. The number of benzene rings is 2. The van der Waals surface area contributed by atoms with Gasteiger partial charge >= 0.3 is 6.18 Å². The summed E-state index contributed by atoms with van der Waals surface area (Å²) >= 11 is 6.13. The molecule has 0 bridgehead atoms. The Bertz CT molecular complexity index is 1250. The molecule has 0 fully saturated rings. The molecule has 5 nitrogen and oxygen atoms in total. The van der Waals surface area contributed by atoms with Crippen LogP contribution in [0.3, 0.4) is 0 Å².